The maximum atomic E-state index is 5.23. The van der Waals surface area contributed by atoms with Gasteiger partial charge in [-0.25, -0.2) is 10.8 Å². The molecule has 0 heterocycles. The predicted octanol–water partition coefficient (Wildman–Crippen LogP) is 1.43. The van der Waals surface area contributed by atoms with Crippen LogP contribution in [0.2, 0.25) is 0 Å². The fourth-order valence-corrected chi connectivity index (χ4v) is 1.29. The molecule has 0 radical (unpaired) electrons. The lowest BCUT2D eigenvalue weighted by atomic mass is 9.76. The Morgan fingerprint density at radius 3 is 2.67 bits per heavy atom. The van der Waals surface area contributed by atoms with Crippen molar-refractivity contribution < 1.29 is 0 Å². The molecule has 0 saturated heterocycles. The molecule has 68 valence electrons. The Kier molecular flexibility index (Phi) is 3.29. The van der Waals surface area contributed by atoms with Crippen LogP contribution in [0.15, 0.2) is 16.9 Å². The van der Waals surface area contributed by atoms with Crippen molar-refractivity contribution in [3.8, 4) is 0 Å². The van der Waals surface area contributed by atoms with E-state index in [0.717, 1.165) is 11.7 Å². The number of aliphatic imine (C=N–C) groups is 1. The largest absolute Gasteiger partial charge is 0.309 e. The van der Waals surface area contributed by atoms with E-state index < -0.39 is 0 Å². The van der Waals surface area contributed by atoms with E-state index in [4.69, 9.17) is 5.84 Å². The SMILES string of the molecule is C/C=C(\N=C/C1CCC1C)NN. The van der Waals surface area contributed by atoms with Crippen molar-refractivity contribution in [1.82, 2.24) is 5.43 Å². The lowest BCUT2D eigenvalue weighted by Crippen LogP contribution is -2.25. The minimum Gasteiger partial charge on any atom is -0.309 e. The van der Waals surface area contributed by atoms with Crippen LogP contribution in [-0.4, -0.2) is 6.21 Å². The minimum atomic E-state index is 0.660. The number of nitrogens with two attached hydrogens (primary N) is 1. The maximum Gasteiger partial charge on any atom is 0.135 e. The van der Waals surface area contributed by atoms with Crippen LogP contribution in [0, 0.1) is 11.8 Å². The van der Waals surface area contributed by atoms with Gasteiger partial charge >= 0.3 is 0 Å². The Balaban J connectivity index is 2.38. The van der Waals surface area contributed by atoms with Gasteiger partial charge in [0.15, 0.2) is 0 Å². The van der Waals surface area contributed by atoms with Crippen molar-refractivity contribution in [3.05, 3.63) is 11.9 Å². The number of hydrogen-bond donors (Lipinski definition) is 2. The van der Waals surface area contributed by atoms with Gasteiger partial charge < -0.3 is 5.43 Å². The summed E-state index contributed by atoms with van der Waals surface area (Å²) in [6.07, 6.45) is 6.47. The van der Waals surface area contributed by atoms with Crippen LogP contribution >= 0.6 is 0 Å². The second-order valence-corrected chi connectivity index (χ2v) is 3.31. The summed E-state index contributed by atoms with van der Waals surface area (Å²) in [6.45, 7) is 4.17. The van der Waals surface area contributed by atoms with Crippen molar-refractivity contribution >= 4 is 6.21 Å². The molecule has 3 heteroatoms. The highest BCUT2D eigenvalue weighted by Gasteiger charge is 2.24. The summed E-state index contributed by atoms with van der Waals surface area (Å²) in [7, 11) is 0. The highest BCUT2D eigenvalue weighted by atomic mass is 15.3. The summed E-state index contributed by atoms with van der Waals surface area (Å²) in [5.41, 5.74) is 2.53. The van der Waals surface area contributed by atoms with Crippen molar-refractivity contribution in [2.45, 2.75) is 26.7 Å². The molecule has 1 fully saturated rings. The Morgan fingerprint density at radius 2 is 2.33 bits per heavy atom. The Bertz CT molecular complexity index is 196. The molecule has 0 aromatic rings. The van der Waals surface area contributed by atoms with Gasteiger partial charge in [-0.1, -0.05) is 6.92 Å². The summed E-state index contributed by atoms with van der Waals surface area (Å²) < 4.78 is 0. The van der Waals surface area contributed by atoms with Crippen molar-refractivity contribution in [1.29, 1.82) is 0 Å². The van der Waals surface area contributed by atoms with Crippen LogP contribution in [0.3, 0.4) is 0 Å². The van der Waals surface area contributed by atoms with Gasteiger partial charge in [-0.15, -0.1) is 0 Å². The zero-order chi connectivity index (χ0) is 8.97. The third-order valence-corrected chi connectivity index (χ3v) is 2.51. The molecule has 0 aromatic carbocycles. The summed E-state index contributed by atoms with van der Waals surface area (Å²) in [6, 6.07) is 0. The molecule has 2 atom stereocenters. The first-order valence-corrected chi connectivity index (χ1v) is 4.45. The van der Waals surface area contributed by atoms with Crippen LogP contribution in [0.4, 0.5) is 0 Å². The number of rotatable bonds is 3. The molecular weight excluding hydrogens is 150 g/mol. The lowest BCUT2D eigenvalue weighted by Gasteiger charge is -2.30. The maximum absolute atomic E-state index is 5.23. The molecule has 2 unspecified atom stereocenters. The van der Waals surface area contributed by atoms with Gasteiger partial charge in [0.25, 0.3) is 0 Å². The summed E-state index contributed by atoms with van der Waals surface area (Å²) in [4.78, 5) is 4.23. The molecule has 1 rings (SSSR count). The fraction of sp³-hybridized carbons (Fsp3) is 0.667. The van der Waals surface area contributed by atoms with E-state index in [1.54, 1.807) is 0 Å². The van der Waals surface area contributed by atoms with Crippen LogP contribution < -0.4 is 11.3 Å². The van der Waals surface area contributed by atoms with Gasteiger partial charge in [-0.05, 0) is 37.7 Å². The van der Waals surface area contributed by atoms with E-state index in [2.05, 4.69) is 17.3 Å². The molecule has 0 amide bonds. The van der Waals surface area contributed by atoms with Crippen LogP contribution in [0.5, 0.6) is 0 Å². The molecule has 12 heavy (non-hydrogen) atoms. The molecule has 1 aliphatic carbocycles. The number of hydrazine groups is 1. The second-order valence-electron chi connectivity index (χ2n) is 3.31. The Labute approximate surface area is 73.7 Å². The third-order valence-electron chi connectivity index (χ3n) is 2.51. The second kappa shape index (κ2) is 4.26. The van der Waals surface area contributed by atoms with Crippen molar-refractivity contribution in [2.75, 3.05) is 0 Å². The molecule has 0 spiro atoms. The van der Waals surface area contributed by atoms with Gasteiger partial charge in [0.1, 0.15) is 5.82 Å². The smallest absolute Gasteiger partial charge is 0.135 e. The Morgan fingerprint density at radius 1 is 1.58 bits per heavy atom. The molecule has 0 aliphatic heterocycles. The molecule has 1 aliphatic rings. The molecule has 3 nitrogen and oxygen atoms in total. The Hall–Kier alpha value is -0.830. The van der Waals surface area contributed by atoms with Gasteiger partial charge in [0, 0.05) is 6.21 Å². The molecule has 0 aromatic heterocycles. The van der Waals surface area contributed by atoms with Gasteiger partial charge in [-0.3, -0.25) is 0 Å². The minimum absolute atomic E-state index is 0.660. The number of hydrogen-bond acceptors (Lipinski definition) is 3. The van der Waals surface area contributed by atoms with Gasteiger partial charge in [-0.2, -0.15) is 0 Å². The van der Waals surface area contributed by atoms with E-state index >= 15 is 0 Å². The molecule has 3 N–H and O–H groups in total. The van der Waals surface area contributed by atoms with Crippen LogP contribution in [0.25, 0.3) is 0 Å². The topological polar surface area (TPSA) is 50.4 Å². The van der Waals surface area contributed by atoms with E-state index in [9.17, 15) is 0 Å². The first kappa shape index (κ1) is 9.26. The van der Waals surface area contributed by atoms with Gasteiger partial charge in [0.2, 0.25) is 0 Å². The van der Waals surface area contributed by atoms with E-state index in [1.807, 2.05) is 19.2 Å². The zero-order valence-electron chi connectivity index (χ0n) is 7.75. The average molecular weight is 167 g/mol. The lowest BCUT2D eigenvalue weighted by molar-refractivity contribution is 0.277. The number of nitrogens with one attached hydrogen (secondary N) is 1. The molecule has 1 saturated carbocycles. The zero-order valence-corrected chi connectivity index (χ0v) is 7.75. The predicted molar refractivity (Wildman–Crippen MR) is 51.5 cm³/mol. The van der Waals surface area contributed by atoms with Crippen molar-refractivity contribution in [3.63, 3.8) is 0 Å². The van der Waals surface area contributed by atoms with Crippen LogP contribution in [0.1, 0.15) is 26.7 Å². The highest BCUT2D eigenvalue weighted by molar-refractivity contribution is 5.63. The van der Waals surface area contributed by atoms with Crippen molar-refractivity contribution in [2.24, 2.45) is 22.7 Å². The van der Waals surface area contributed by atoms with Crippen LogP contribution in [-0.2, 0) is 0 Å². The monoisotopic (exact) mass is 167 g/mol. The number of allylic oxidation sites excluding steroid dienone is 1. The summed E-state index contributed by atoms with van der Waals surface area (Å²) in [5, 5.41) is 0. The fourth-order valence-electron chi connectivity index (χ4n) is 1.29. The first-order chi connectivity index (χ1) is 5.77. The number of nitrogens with zero attached hydrogens (tertiary/aromatic N) is 1. The summed E-state index contributed by atoms with van der Waals surface area (Å²) in [5.74, 6) is 7.43. The van der Waals surface area contributed by atoms with E-state index in [0.29, 0.717) is 5.92 Å². The van der Waals surface area contributed by atoms with E-state index in [1.165, 1.54) is 12.8 Å². The molecular formula is C9H17N3. The summed E-state index contributed by atoms with van der Waals surface area (Å²) >= 11 is 0. The average Bonchev–Trinajstić information content (AvgIpc) is 2.10. The quantitative estimate of drug-likeness (QED) is 0.379. The standard InChI is InChI=1S/C9H17N3/c1-3-9(12-10)11-6-8-5-4-7(8)2/h3,6-8,12H,4-5,10H2,1-2H3/b9-3+,11-6-. The van der Waals surface area contributed by atoms with E-state index in [-0.39, 0.29) is 0 Å². The molecule has 0 bridgehead atoms. The van der Waals surface area contributed by atoms with Gasteiger partial charge in [0.05, 0.1) is 0 Å². The normalized spacial score (nSPS) is 30.4. The highest BCUT2D eigenvalue weighted by Crippen LogP contribution is 2.31. The third kappa shape index (κ3) is 2.08. The first-order valence-electron chi connectivity index (χ1n) is 4.45.